The van der Waals surface area contributed by atoms with E-state index in [-0.39, 0.29) is 17.9 Å². The highest BCUT2D eigenvalue weighted by Crippen LogP contribution is 2.33. The Hall–Kier alpha value is -2.28. The van der Waals surface area contributed by atoms with Crippen molar-refractivity contribution in [2.24, 2.45) is 0 Å². The Balaban J connectivity index is 1.55. The molecule has 2 amide bonds. The zero-order chi connectivity index (χ0) is 24.1. The third kappa shape index (κ3) is 5.04. The molecule has 0 bridgehead atoms. The number of hydrogen-bond donors (Lipinski definition) is 1. The van der Waals surface area contributed by atoms with Gasteiger partial charge in [-0.1, -0.05) is 46.0 Å². The van der Waals surface area contributed by atoms with Crippen molar-refractivity contribution in [1.82, 2.24) is 19.7 Å². The van der Waals surface area contributed by atoms with Gasteiger partial charge in [0.2, 0.25) is 5.91 Å². The Morgan fingerprint density at radius 3 is 2.62 bits per heavy atom. The second-order valence-electron chi connectivity index (χ2n) is 10.3. The molecule has 7 nitrogen and oxygen atoms in total. The van der Waals surface area contributed by atoms with E-state index < -0.39 is 5.54 Å². The van der Waals surface area contributed by atoms with E-state index in [0.29, 0.717) is 24.4 Å². The number of rotatable bonds is 10. The molecular weight excluding hydrogens is 428 g/mol. The summed E-state index contributed by atoms with van der Waals surface area (Å²) >= 11 is 0. The van der Waals surface area contributed by atoms with Gasteiger partial charge in [-0.2, -0.15) is 0 Å². The van der Waals surface area contributed by atoms with Crippen LogP contribution in [0.4, 0.5) is 0 Å². The fourth-order valence-electron chi connectivity index (χ4n) is 5.65. The van der Waals surface area contributed by atoms with Crippen molar-refractivity contribution in [2.45, 2.75) is 96.7 Å². The van der Waals surface area contributed by atoms with E-state index in [1.54, 1.807) is 6.26 Å². The minimum absolute atomic E-state index is 0.0259. The normalized spacial score (nSPS) is 21.8. The maximum atomic E-state index is 13.8. The van der Waals surface area contributed by atoms with Gasteiger partial charge in [-0.15, -0.1) is 0 Å². The molecular formula is C27H42N4O3. The molecule has 2 aromatic rings. The molecule has 0 saturated heterocycles. The molecule has 1 aliphatic heterocycles. The molecule has 1 saturated carbocycles. The zero-order valence-corrected chi connectivity index (χ0v) is 21.3. The highest BCUT2D eigenvalue weighted by Gasteiger charge is 2.48. The molecule has 0 unspecified atom stereocenters. The number of hydrogen-bond acceptors (Lipinski definition) is 4. The van der Waals surface area contributed by atoms with Gasteiger partial charge in [0.15, 0.2) is 5.58 Å². The number of carbonyl (C=O) groups excluding carboxylic acids is 2. The lowest BCUT2D eigenvalue weighted by Crippen LogP contribution is -2.65. The Labute approximate surface area is 203 Å². The van der Waals surface area contributed by atoms with Gasteiger partial charge in [0.05, 0.1) is 18.3 Å². The van der Waals surface area contributed by atoms with Gasteiger partial charge in [-0.3, -0.25) is 9.59 Å². The Bertz CT molecular complexity index is 972. The number of nitrogens with zero attached hydrogens (tertiary/aromatic N) is 3. The van der Waals surface area contributed by atoms with E-state index in [9.17, 15) is 9.59 Å². The summed E-state index contributed by atoms with van der Waals surface area (Å²) in [5.74, 6) is -0.102. The van der Waals surface area contributed by atoms with Crippen LogP contribution in [-0.2, 0) is 11.3 Å². The molecule has 3 heterocycles. The van der Waals surface area contributed by atoms with Gasteiger partial charge >= 0.3 is 0 Å². The summed E-state index contributed by atoms with van der Waals surface area (Å²) in [5.41, 5.74) is 1.27. The monoisotopic (exact) mass is 470 g/mol. The molecule has 0 radical (unpaired) electrons. The lowest BCUT2D eigenvalue weighted by atomic mass is 9.93. The highest BCUT2D eigenvalue weighted by atomic mass is 16.3. The number of carbonyl (C=O) groups is 2. The first kappa shape index (κ1) is 24.8. The summed E-state index contributed by atoms with van der Waals surface area (Å²) in [5, 5.41) is 3.34. The SMILES string of the molecule is CCCCN(CC)CCCN1C(=O)c2cc3occc3n2C[C@@]1(C)C(=O)NC1CCCCCC1. The molecule has 1 aliphatic carbocycles. The van der Waals surface area contributed by atoms with Crippen molar-refractivity contribution < 1.29 is 14.0 Å². The number of furan rings is 1. The lowest BCUT2D eigenvalue weighted by molar-refractivity contribution is -0.133. The molecule has 2 aromatic heterocycles. The average molecular weight is 471 g/mol. The van der Waals surface area contributed by atoms with Gasteiger partial charge in [0, 0.05) is 24.7 Å². The van der Waals surface area contributed by atoms with Gasteiger partial charge in [0.25, 0.3) is 5.91 Å². The first-order chi connectivity index (χ1) is 16.5. The van der Waals surface area contributed by atoms with Gasteiger partial charge in [0.1, 0.15) is 11.2 Å². The van der Waals surface area contributed by atoms with E-state index in [1.807, 2.05) is 28.5 Å². The summed E-state index contributed by atoms with van der Waals surface area (Å²) in [6.45, 7) is 10.4. The minimum Gasteiger partial charge on any atom is -0.463 e. The molecule has 188 valence electrons. The second-order valence-corrected chi connectivity index (χ2v) is 10.3. The number of unbranched alkanes of at least 4 members (excludes halogenated alkanes) is 1. The second kappa shape index (κ2) is 11.0. The first-order valence-electron chi connectivity index (χ1n) is 13.4. The minimum atomic E-state index is -0.930. The molecule has 0 spiro atoms. The first-order valence-corrected chi connectivity index (χ1v) is 13.4. The summed E-state index contributed by atoms with van der Waals surface area (Å²) in [4.78, 5) is 31.8. The molecule has 1 atom stereocenters. The summed E-state index contributed by atoms with van der Waals surface area (Å²) in [7, 11) is 0. The molecule has 34 heavy (non-hydrogen) atoms. The van der Waals surface area contributed by atoms with Crippen LogP contribution in [0, 0.1) is 0 Å². The third-order valence-corrected chi connectivity index (χ3v) is 7.86. The topological polar surface area (TPSA) is 70.7 Å². The summed E-state index contributed by atoms with van der Waals surface area (Å²) in [6, 6.07) is 3.92. The largest absolute Gasteiger partial charge is 0.463 e. The average Bonchev–Trinajstić information content (AvgIpc) is 3.32. The molecule has 2 aliphatic rings. The molecule has 0 aromatic carbocycles. The standard InChI is InChI=1S/C27H42N4O3/c1-4-6-15-29(5-2)16-11-17-31-25(32)23-19-24-22(14-18-34-24)30(23)20-27(31,3)26(33)28-21-12-9-7-8-10-13-21/h14,18-19,21H,4-13,15-17,20H2,1-3H3,(H,28,33)/t27-/m0/s1. The smallest absolute Gasteiger partial charge is 0.271 e. The summed E-state index contributed by atoms with van der Waals surface area (Å²) in [6.07, 6.45) is 11.7. The van der Waals surface area contributed by atoms with Crippen molar-refractivity contribution in [2.75, 3.05) is 26.2 Å². The van der Waals surface area contributed by atoms with Crippen LogP contribution in [0.2, 0.25) is 0 Å². The lowest BCUT2D eigenvalue weighted by Gasteiger charge is -2.44. The quantitative estimate of drug-likeness (QED) is 0.507. The van der Waals surface area contributed by atoms with E-state index in [1.165, 1.54) is 25.7 Å². The van der Waals surface area contributed by atoms with Crippen LogP contribution >= 0.6 is 0 Å². The van der Waals surface area contributed by atoms with E-state index in [0.717, 1.165) is 57.3 Å². The van der Waals surface area contributed by atoms with Crippen LogP contribution in [0.1, 0.15) is 89.0 Å². The predicted molar refractivity (Wildman–Crippen MR) is 135 cm³/mol. The van der Waals surface area contributed by atoms with Crippen LogP contribution in [-0.4, -0.2) is 63.9 Å². The fourth-order valence-corrected chi connectivity index (χ4v) is 5.65. The molecule has 1 N–H and O–H groups in total. The number of fused-ring (bicyclic) bond motifs is 3. The van der Waals surface area contributed by atoms with Crippen LogP contribution < -0.4 is 5.32 Å². The fraction of sp³-hybridized carbons (Fsp3) is 0.704. The Kier molecular flexibility index (Phi) is 8.02. The molecule has 7 heteroatoms. The maximum absolute atomic E-state index is 13.8. The zero-order valence-electron chi connectivity index (χ0n) is 21.3. The maximum Gasteiger partial charge on any atom is 0.271 e. The predicted octanol–water partition coefficient (Wildman–Crippen LogP) is 4.80. The van der Waals surface area contributed by atoms with E-state index in [4.69, 9.17) is 4.42 Å². The van der Waals surface area contributed by atoms with Gasteiger partial charge in [-0.25, -0.2) is 0 Å². The van der Waals surface area contributed by atoms with Crippen LogP contribution in [0.5, 0.6) is 0 Å². The van der Waals surface area contributed by atoms with Crippen molar-refractivity contribution in [3.8, 4) is 0 Å². The molecule has 1 fully saturated rings. The number of amides is 2. The van der Waals surface area contributed by atoms with E-state index >= 15 is 0 Å². The third-order valence-electron chi connectivity index (χ3n) is 7.86. The Morgan fingerprint density at radius 1 is 1.18 bits per heavy atom. The number of nitrogens with one attached hydrogen (secondary N) is 1. The Morgan fingerprint density at radius 2 is 1.91 bits per heavy atom. The van der Waals surface area contributed by atoms with Crippen LogP contribution in [0.3, 0.4) is 0 Å². The van der Waals surface area contributed by atoms with Crippen LogP contribution in [0.25, 0.3) is 11.1 Å². The van der Waals surface area contributed by atoms with Gasteiger partial charge < -0.3 is 24.1 Å². The number of aromatic nitrogens is 1. The highest BCUT2D eigenvalue weighted by molar-refractivity contribution is 6.02. The van der Waals surface area contributed by atoms with E-state index in [2.05, 4.69) is 24.1 Å². The van der Waals surface area contributed by atoms with Crippen molar-refractivity contribution in [3.05, 3.63) is 24.1 Å². The summed E-state index contributed by atoms with van der Waals surface area (Å²) < 4.78 is 7.56. The van der Waals surface area contributed by atoms with Gasteiger partial charge in [-0.05, 0) is 52.2 Å². The van der Waals surface area contributed by atoms with Crippen molar-refractivity contribution in [1.29, 1.82) is 0 Å². The van der Waals surface area contributed by atoms with Crippen molar-refractivity contribution in [3.63, 3.8) is 0 Å². The van der Waals surface area contributed by atoms with Crippen molar-refractivity contribution >= 4 is 22.9 Å². The molecule has 4 rings (SSSR count). The van der Waals surface area contributed by atoms with Crippen LogP contribution in [0.15, 0.2) is 22.8 Å².